The number of hydroxylamine groups is 1. The third kappa shape index (κ3) is 5.50. The number of hydrogen-bond acceptors (Lipinski definition) is 8. The summed E-state index contributed by atoms with van der Waals surface area (Å²) in [5.41, 5.74) is -1.25. The van der Waals surface area contributed by atoms with E-state index in [1.165, 1.54) is 19.3 Å². The molecule has 1 aliphatic rings. The summed E-state index contributed by atoms with van der Waals surface area (Å²) in [7, 11) is 1.42. The predicted molar refractivity (Wildman–Crippen MR) is 109 cm³/mol. The highest BCUT2D eigenvalue weighted by Gasteiger charge is 2.57. The van der Waals surface area contributed by atoms with Crippen LogP contribution in [0.5, 0.6) is 0 Å². The third-order valence-corrected chi connectivity index (χ3v) is 5.40. The lowest BCUT2D eigenvalue weighted by Crippen LogP contribution is -2.61. The summed E-state index contributed by atoms with van der Waals surface area (Å²) in [6.45, 7) is -0.655. The van der Waals surface area contributed by atoms with E-state index in [2.05, 4.69) is 5.32 Å². The van der Waals surface area contributed by atoms with Gasteiger partial charge in [0.1, 0.15) is 12.3 Å². The van der Waals surface area contributed by atoms with Crippen molar-refractivity contribution in [2.75, 3.05) is 11.9 Å². The van der Waals surface area contributed by atoms with Gasteiger partial charge in [0.25, 0.3) is 0 Å². The van der Waals surface area contributed by atoms with Crippen LogP contribution in [0.25, 0.3) is 0 Å². The van der Waals surface area contributed by atoms with Crippen LogP contribution in [0.4, 0.5) is 5.82 Å². The van der Waals surface area contributed by atoms with Crippen molar-refractivity contribution in [3.05, 3.63) is 22.7 Å². The van der Waals surface area contributed by atoms with Gasteiger partial charge in [0.15, 0.2) is 11.7 Å². The van der Waals surface area contributed by atoms with E-state index in [1.807, 2.05) is 5.92 Å². The van der Waals surface area contributed by atoms with E-state index in [-0.39, 0.29) is 24.6 Å². The van der Waals surface area contributed by atoms with Crippen LogP contribution in [0.1, 0.15) is 44.8 Å². The molecule has 32 heavy (non-hydrogen) atoms. The van der Waals surface area contributed by atoms with Gasteiger partial charge in [-0.2, -0.15) is 13.9 Å². The molecular weight excluding hydrogens is 424 g/mol. The molecule has 0 bridgehead atoms. The Balaban J connectivity index is 1.97. The number of rotatable bonds is 10. The Bertz CT molecular complexity index is 927. The molecule has 2 amide bonds. The minimum absolute atomic E-state index is 0.214. The summed E-state index contributed by atoms with van der Waals surface area (Å²) < 4.78 is 7.57. The zero-order valence-corrected chi connectivity index (χ0v) is 17.7. The fraction of sp³-hybridized carbons (Fsp3) is 0.600. The number of aliphatic hydroxyl groups is 3. The summed E-state index contributed by atoms with van der Waals surface area (Å²) in [4.78, 5) is 35.8. The molecule has 0 spiro atoms. The van der Waals surface area contributed by atoms with E-state index in [1.54, 1.807) is 5.48 Å². The van der Waals surface area contributed by atoms with Gasteiger partial charge < -0.3 is 20.1 Å². The maximum absolute atomic E-state index is 12.7. The van der Waals surface area contributed by atoms with E-state index >= 15 is 0 Å². The molecule has 2 heterocycles. The Kier molecular flexibility index (Phi) is 8.88. The average molecular weight is 453 g/mol. The Labute approximate surface area is 184 Å². The smallest absolute Gasteiger partial charge is 0.394 e. The fourth-order valence-corrected chi connectivity index (χ4v) is 3.44. The van der Waals surface area contributed by atoms with E-state index in [9.17, 15) is 29.7 Å². The summed E-state index contributed by atoms with van der Waals surface area (Å²) >= 11 is 0. The van der Waals surface area contributed by atoms with Crippen molar-refractivity contribution in [3.63, 3.8) is 0 Å². The molecule has 1 saturated heterocycles. The predicted octanol–water partition coefficient (Wildman–Crippen LogP) is -1.93. The maximum Gasteiger partial charge on any atom is 0.501 e. The normalized spacial score (nSPS) is 24.7. The SMILES string of the molecule is C#CC1(O)C(CO)OC([n+]2ccc(NC(=O)CCCCCCC(=O)NO)n(C)c2=O)C1O. The number of aromatic nitrogens is 2. The maximum atomic E-state index is 12.7. The lowest BCUT2D eigenvalue weighted by Gasteiger charge is -2.22. The van der Waals surface area contributed by atoms with Crippen LogP contribution in [-0.2, 0) is 21.4 Å². The number of unbranched alkanes of at least 4 members (excludes halogenated alkanes) is 3. The van der Waals surface area contributed by atoms with Gasteiger partial charge in [0.05, 0.1) is 13.7 Å². The molecule has 1 aromatic heterocycles. The Hall–Kier alpha value is -2.82. The molecule has 0 aromatic carbocycles. The Morgan fingerprint density at radius 2 is 1.91 bits per heavy atom. The van der Waals surface area contributed by atoms with Gasteiger partial charge in [-0.15, -0.1) is 6.42 Å². The minimum Gasteiger partial charge on any atom is -0.394 e. The molecule has 12 heteroatoms. The summed E-state index contributed by atoms with van der Waals surface area (Å²) in [5.74, 6) is 1.48. The molecule has 1 aliphatic heterocycles. The molecule has 4 unspecified atom stereocenters. The van der Waals surface area contributed by atoms with Gasteiger partial charge in [-0.1, -0.05) is 18.8 Å². The molecule has 6 N–H and O–H groups in total. The van der Waals surface area contributed by atoms with Gasteiger partial charge in [0, 0.05) is 18.9 Å². The molecule has 1 fully saturated rings. The van der Waals surface area contributed by atoms with Crippen LogP contribution >= 0.6 is 0 Å². The van der Waals surface area contributed by atoms with Gasteiger partial charge in [-0.05, 0) is 12.8 Å². The first-order valence-electron chi connectivity index (χ1n) is 10.2. The van der Waals surface area contributed by atoms with Crippen molar-refractivity contribution in [1.82, 2.24) is 10.0 Å². The van der Waals surface area contributed by atoms with E-state index in [0.29, 0.717) is 12.8 Å². The second-order valence-corrected chi connectivity index (χ2v) is 7.56. The highest BCUT2D eigenvalue weighted by atomic mass is 16.6. The highest BCUT2D eigenvalue weighted by Crippen LogP contribution is 2.33. The number of terminal acetylenes is 1. The number of carbonyl (C=O) groups excluding carboxylic acids is 2. The highest BCUT2D eigenvalue weighted by molar-refractivity contribution is 5.89. The number of carbonyl (C=O) groups is 2. The fourth-order valence-electron chi connectivity index (χ4n) is 3.44. The van der Waals surface area contributed by atoms with Crippen LogP contribution in [0.2, 0.25) is 0 Å². The number of aliphatic hydroxyl groups excluding tert-OH is 2. The second kappa shape index (κ2) is 11.2. The molecule has 0 radical (unpaired) electrons. The number of amides is 2. The topological polar surface area (TPSA) is 174 Å². The van der Waals surface area contributed by atoms with Gasteiger partial charge in [0.2, 0.25) is 23.9 Å². The number of anilines is 1. The van der Waals surface area contributed by atoms with Crippen molar-refractivity contribution >= 4 is 17.6 Å². The largest absolute Gasteiger partial charge is 0.501 e. The van der Waals surface area contributed by atoms with E-state index in [0.717, 1.165) is 22.0 Å². The van der Waals surface area contributed by atoms with Crippen molar-refractivity contribution in [1.29, 1.82) is 0 Å². The van der Waals surface area contributed by atoms with Crippen LogP contribution in [0, 0.1) is 12.3 Å². The quantitative estimate of drug-likeness (QED) is 0.0781. The van der Waals surface area contributed by atoms with E-state index in [4.69, 9.17) is 16.4 Å². The number of nitrogens with one attached hydrogen (secondary N) is 2. The van der Waals surface area contributed by atoms with E-state index < -0.39 is 42.2 Å². The second-order valence-electron chi connectivity index (χ2n) is 7.56. The monoisotopic (exact) mass is 453 g/mol. The Morgan fingerprint density at radius 3 is 2.44 bits per heavy atom. The zero-order chi connectivity index (χ0) is 23.9. The molecule has 12 nitrogen and oxygen atoms in total. The molecule has 2 rings (SSSR count). The van der Waals surface area contributed by atoms with Gasteiger partial charge >= 0.3 is 5.69 Å². The average Bonchev–Trinajstić information content (AvgIpc) is 3.04. The lowest BCUT2D eigenvalue weighted by molar-refractivity contribution is -0.781. The Morgan fingerprint density at radius 1 is 1.28 bits per heavy atom. The number of ether oxygens (including phenoxy) is 1. The van der Waals surface area contributed by atoms with Crippen LogP contribution in [0.15, 0.2) is 17.1 Å². The van der Waals surface area contributed by atoms with Crippen LogP contribution in [-0.4, -0.2) is 61.3 Å². The third-order valence-electron chi connectivity index (χ3n) is 5.40. The standard InChI is InChI=1S/C20H28N4O8/c1-3-20(30)13(12-25)32-18(17(20)28)24-11-10-14(23(2)19(24)29)21-15(26)8-6-4-5-7-9-16(27)22-31/h1,10-11,13,17-18,25,28,30H,4-9,12H2,2H3,(H2,22,27,31)/p+1. The zero-order valence-electron chi connectivity index (χ0n) is 17.7. The summed E-state index contributed by atoms with van der Waals surface area (Å²) in [6, 6.07) is 1.43. The first-order valence-corrected chi connectivity index (χ1v) is 10.2. The van der Waals surface area contributed by atoms with Gasteiger partial charge in [-0.25, -0.2) is 5.48 Å². The first-order chi connectivity index (χ1) is 15.2. The van der Waals surface area contributed by atoms with Gasteiger partial charge in [-0.3, -0.25) is 20.1 Å². The van der Waals surface area contributed by atoms with Crippen molar-refractivity contribution in [3.8, 4) is 12.3 Å². The molecule has 4 atom stereocenters. The summed E-state index contributed by atoms with van der Waals surface area (Å²) in [6.07, 6.45) is 5.37. The van der Waals surface area contributed by atoms with Crippen molar-refractivity contribution in [2.24, 2.45) is 7.05 Å². The molecule has 0 aliphatic carbocycles. The van der Waals surface area contributed by atoms with Crippen LogP contribution in [0.3, 0.4) is 0 Å². The number of hydrogen-bond donors (Lipinski definition) is 6. The number of nitrogens with zero attached hydrogens (tertiary/aromatic N) is 2. The van der Waals surface area contributed by atoms with Crippen LogP contribution < -0.4 is 21.1 Å². The van der Waals surface area contributed by atoms with Crippen molar-refractivity contribution < 1.29 is 39.4 Å². The molecule has 0 saturated carbocycles. The molecule has 176 valence electrons. The molecular formula is C20H29N4O8+. The van der Waals surface area contributed by atoms with Crippen molar-refractivity contribution in [2.45, 2.75) is 62.6 Å². The first kappa shape index (κ1) is 25.4. The summed E-state index contributed by atoms with van der Waals surface area (Å²) in [5, 5.41) is 41.2. The molecule has 1 aromatic rings. The minimum atomic E-state index is -2.16. The lowest BCUT2D eigenvalue weighted by atomic mass is 9.93.